The highest BCUT2D eigenvalue weighted by Crippen LogP contribution is 2.45. The summed E-state index contributed by atoms with van der Waals surface area (Å²) in [6, 6.07) is 0. The summed E-state index contributed by atoms with van der Waals surface area (Å²) in [4.78, 5) is 0. The van der Waals surface area contributed by atoms with Crippen molar-refractivity contribution in [3.8, 4) is 12.3 Å². The molecule has 3 heteroatoms. The molecule has 23 heavy (non-hydrogen) atoms. The Morgan fingerprint density at radius 3 is 1.61 bits per heavy atom. The average Bonchev–Trinajstić information content (AvgIpc) is 2.37. The molecule has 0 radical (unpaired) electrons. The van der Waals surface area contributed by atoms with E-state index in [1.807, 2.05) is 13.8 Å². The molecule has 1 N–H and O–H groups in total. The first-order valence-corrected chi connectivity index (χ1v) is 11.3. The lowest BCUT2D eigenvalue weighted by atomic mass is 9.78. The first kappa shape index (κ1) is 22.7. The topological polar surface area (TPSA) is 29.5 Å². The summed E-state index contributed by atoms with van der Waals surface area (Å²) in [5.74, 6) is 3.30. The molecule has 0 aromatic carbocycles. The van der Waals surface area contributed by atoms with E-state index in [4.69, 9.17) is 10.8 Å². The maximum atomic E-state index is 10.7. The number of aliphatic hydroxyl groups excluding tert-OH is 1. The van der Waals surface area contributed by atoms with E-state index < -0.39 is 19.8 Å². The molecule has 0 aromatic heterocycles. The van der Waals surface area contributed by atoms with Crippen molar-refractivity contribution < 1.29 is 9.53 Å². The van der Waals surface area contributed by atoms with Gasteiger partial charge in [-0.15, -0.1) is 6.42 Å². The zero-order valence-electron chi connectivity index (χ0n) is 17.1. The second-order valence-electron chi connectivity index (χ2n) is 8.95. The highest BCUT2D eigenvalue weighted by Gasteiger charge is 2.49. The lowest BCUT2D eigenvalue weighted by Gasteiger charge is -2.47. The van der Waals surface area contributed by atoms with Crippen molar-refractivity contribution in [2.24, 2.45) is 11.3 Å². The predicted octanol–water partition coefficient (Wildman–Crippen LogP) is 5.61. The Kier molecular flexibility index (Phi) is 8.58. The molecule has 0 amide bonds. The van der Waals surface area contributed by atoms with Crippen molar-refractivity contribution in [1.82, 2.24) is 0 Å². The molecule has 0 fully saturated rings. The largest absolute Gasteiger partial charge is 0.402 e. The van der Waals surface area contributed by atoms with E-state index >= 15 is 0 Å². The van der Waals surface area contributed by atoms with Crippen LogP contribution >= 0.6 is 0 Å². The third kappa shape index (κ3) is 5.08. The maximum Gasteiger partial charge on any atom is 0.202 e. The van der Waals surface area contributed by atoms with E-state index in [0.29, 0.717) is 22.5 Å². The number of aliphatic hydroxyl groups is 1. The molecule has 0 rings (SSSR count). The van der Waals surface area contributed by atoms with Gasteiger partial charge in [-0.1, -0.05) is 75.2 Å². The molecule has 136 valence electrons. The molecular weight excluding hydrogens is 300 g/mol. The van der Waals surface area contributed by atoms with Crippen LogP contribution in [0.2, 0.25) is 16.6 Å². The van der Waals surface area contributed by atoms with Crippen molar-refractivity contribution in [3.05, 3.63) is 0 Å². The van der Waals surface area contributed by atoms with E-state index in [9.17, 15) is 5.11 Å². The molecule has 0 aliphatic carbocycles. The van der Waals surface area contributed by atoms with Crippen LogP contribution in [-0.2, 0) is 4.43 Å². The van der Waals surface area contributed by atoms with Crippen molar-refractivity contribution in [2.75, 3.05) is 0 Å². The molecule has 0 bridgehead atoms. The SMILES string of the molecule is C#C[C@H](O[Si](C(C)C)(C(C)C)C(C)C)C(C)(C)[C@H](O)CC(C)C. The zero-order chi connectivity index (χ0) is 18.6. The Bertz CT molecular complexity index is 369. The van der Waals surface area contributed by atoms with Crippen LogP contribution in [0.15, 0.2) is 0 Å². The molecular formula is C20H40O2Si. The van der Waals surface area contributed by atoms with E-state index in [-0.39, 0.29) is 6.10 Å². The minimum atomic E-state index is -2.06. The second kappa shape index (κ2) is 8.69. The van der Waals surface area contributed by atoms with Crippen LogP contribution < -0.4 is 0 Å². The van der Waals surface area contributed by atoms with Crippen LogP contribution in [-0.4, -0.2) is 25.6 Å². The molecule has 2 atom stereocenters. The van der Waals surface area contributed by atoms with Gasteiger partial charge in [-0.3, -0.25) is 0 Å². The van der Waals surface area contributed by atoms with Gasteiger partial charge in [-0.25, -0.2) is 0 Å². The zero-order valence-corrected chi connectivity index (χ0v) is 18.1. The summed E-state index contributed by atoms with van der Waals surface area (Å²) in [7, 11) is -2.06. The monoisotopic (exact) mass is 340 g/mol. The van der Waals surface area contributed by atoms with Crippen LogP contribution in [0.5, 0.6) is 0 Å². The summed E-state index contributed by atoms with van der Waals surface area (Å²) in [5.41, 5.74) is 1.000. The lowest BCUT2D eigenvalue weighted by Crippen LogP contribution is -2.54. The highest BCUT2D eigenvalue weighted by molar-refractivity contribution is 6.77. The normalized spacial score (nSPS) is 16.3. The van der Waals surface area contributed by atoms with E-state index in [2.05, 4.69) is 61.3 Å². The Hall–Kier alpha value is -0.303. The number of hydrogen-bond acceptors (Lipinski definition) is 2. The van der Waals surface area contributed by atoms with Crippen LogP contribution in [0.4, 0.5) is 0 Å². The van der Waals surface area contributed by atoms with Gasteiger partial charge in [-0.2, -0.15) is 0 Å². The smallest absolute Gasteiger partial charge is 0.202 e. The summed E-state index contributed by atoms with van der Waals surface area (Å²) in [6.45, 7) is 21.9. The van der Waals surface area contributed by atoms with Crippen molar-refractivity contribution >= 4 is 8.32 Å². The van der Waals surface area contributed by atoms with Gasteiger partial charge < -0.3 is 9.53 Å². The van der Waals surface area contributed by atoms with Crippen LogP contribution in [0.1, 0.15) is 75.7 Å². The molecule has 2 nitrogen and oxygen atoms in total. The average molecular weight is 341 g/mol. The number of rotatable bonds is 9. The summed E-state index contributed by atoms with van der Waals surface area (Å²) >= 11 is 0. The van der Waals surface area contributed by atoms with Crippen LogP contribution in [0.25, 0.3) is 0 Å². The Balaban J connectivity index is 5.65. The Morgan fingerprint density at radius 2 is 1.35 bits per heavy atom. The molecule has 0 heterocycles. The fraction of sp³-hybridized carbons (Fsp3) is 0.900. The summed E-state index contributed by atoms with van der Waals surface area (Å²) in [5, 5.41) is 10.7. The second-order valence-corrected chi connectivity index (χ2v) is 14.4. The van der Waals surface area contributed by atoms with E-state index in [1.165, 1.54) is 0 Å². The van der Waals surface area contributed by atoms with Gasteiger partial charge in [0.25, 0.3) is 0 Å². The van der Waals surface area contributed by atoms with E-state index in [1.54, 1.807) is 0 Å². The molecule has 0 aliphatic rings. The molecule has 0 aromatic rings. The Labute approximate surface area is 146 Å². The minimum absolute atomic E-state index is 0.352. The van der Waals surface area contributed by atoms with Gasteiger partial charge >= 0.3 is 0 Å². The third-order valence-corrected chi connectivity index (χ3v) is 11.5. The molecule has 0 saturated heterocycles. The first-order chi connectivity index (χ1) is 10.3. The van der Waals surface area contributed by atoms with Crippen LogP contribution in [0.3, 0.4) is 0 Å². The van der Waals surface area contributed by atoms with Gasteiger partial charge in [0, 0.05) is 5.41 Å². The van der Waals surface area contributed by atoms with E-state index in [0.717, 1.165) is 6.42 Å². The van der Waals surface area contributed by atoms with Gasteiger partial charge in [0.15, 0.2) is 0 Å². The van der Waals surface area contributed by atoms with Gasteiger partial charge in [0.05, 0.1) is 6.10 Å². The minimum Gasteiger partial charge on any atom is -0.402 e. The molecule has 0 spiro atoms. The van der Waals surface area contributed by atoms with Crippen molar-refractivity contribution in [3.63, 3.8) is 0 Å². The molecule has 0 saturated carbocycles. The van der Waals surface area contributed by atoms with Crippen LogP contribution in [0, 0.1) is 23.7 Å². The van der Waals surface area contributed by atoms with Gasteiger partial charge in [-0.05, 0) is 29.0 Å². The standard InChI is InChI=1S/C20H40O2Si/c1-12-19(20(10,11)18(21)13-14(2)3)22-23(15(4)5,16(6)7)17(8)9/h1,14-19,21H,13H2,2-11H3/t18-,19+/m1/s1. The quantitative estimate of drug-likeness (QED) is 0.436. The van der Waals surface area contributed by atoms with Crippen molar-refractivity contribution in [1.29, 1.82) is 0 Å². The third-order valence-electron chi connectivity index (χ3n) is 5.41. The van der Waals surface area contributed by atoms with Crippen molar-refractivity contribution in [2.45, 2.75) is 104 Å². The summed E-state index contributed by atoms with van der Waals surface area (Å²) < 4.78 is 6.78. The van der Waals surface area contributed by atoms with Gasteiger partial charge in [0.2, 0.25) is 8.32 Å². The first-order valence-electron chi connectivity index (χ1n) is 9.15. The van der Waals surface area contributed by atoms with Gasteiger partial charge in [0.1, 0.15) is 6.10 Å². The molecule has 0 aliphatic heterocycles. The maximum absolute atomic E-state index is 10.7. The lowest BCUT2D eigenvalue weighted by molar-refractivity contribution is -0.0274. The number of hydrogen-bond donors (Lipinski definition) is 1. The number of terminal acetylenes is 1. The fourth-order valence-corrected chi connectivity index (χ4v) is 9.53. The Morgan fingerprint density at radius 1 is 0.957 bits per heavy atom. The summed E-state index contributed by atoms with van der Waals surface area (Å²) in [6.07, 6.45) is 5.81. The molecule has 0 unspecified atom stereocenters. The fourth-order valence-electron chi connectivity index (χ4n) is 3.94. The highest BCUT2D eigenvalue weighted by atomic mass is 28.4. The predicted molar refractivity (Wildman–Crippen MR) is 104 cm³/mol.